The lowest BCUT2D eigenvalue weighted by molar-refractivity contribution is 0.0939. The van der Waals surface area contributed by atoms with Gasteiger partial charge in [-0.15, -0.1) is 0 Å². The normalized spacial score (nSPS) is 11.3. The van der Waals surface area contributed by atoms with Gasteiger partial charge < -0.3 is 10.6 Å². The van der Waals surface area contributed by atoms with Gasteiger partial charge in [0.05, 0.1) is 10.6 Å². The molecule has 0 bridgehead atoms. The molecule has 1 amide bonds. The smallest absolute Gasteiger partial charge is 0.253 e. The minimum atomic E-state index is -0.175. The van der Waals surface area contributed by atoms with Crippen molar-refractivity contribution in [3.8, 4) is 0 Å². The fourth-order valence-corrected chi connectivity index (χ4v) is 2.45. The molecule has 0 atom stereocenters. The van der Waals surface area contributed by atoms with Crippen LogP contribution in [0.25, 0.3) is 0 Å². The lowest BCUT2D eigenvalue weighted by Gasteiger charge is -2.30. The second-order valence-electron chi connectivity index (χ2n) is 5.48. The Labute approximate surface area is 132 Å². The molecule has 1 heterocycles. The molecule has 1 aromatic rings. The fraction of sp³-hybridized carbons (Fsp3) is 0.600. The van der Waals surface area contributed by atoms with Crippen LogP contribution in [-0.2, 0) is 0 Å². The minimum absolute atomic E-state index is 0.175. The third-order valence-corrected chi connectivity index (χ3v) is 3.64. The summed E-state index contributed by atoms with van der Waals surface area (Å²) in [5.41, 5.74) is 0.441. The van der Waals surface area contributed by atoms with Crippen LogP contribution in [0.4, 0.5) is 5.82 Å². The van der Waals surface area contributed by atoms with Gasteiger partial charge in [-0.3, -0.25) is 9.69 Å². The zero-order valence-corrected chi connectivity index (χ0v) is 14.2. The number of hydrogen-bond donors (Lipinski definition) is 2. The number of nitrogens with one attached hydrogen (secondary N) is 2. The third-order valence-electron chi connectivity index (χ3n) is 3.34. The van der Waals surface area contributed by atoms with Crippen molar-refractivity contribution in [3.05, 3.63) is 22.8 Å². The summed E-state index contributed by atoms with van der Waals surface area (Å²) in [5.74, 6) is 0.446. The average Bonchev–Trinajstić information content (AvgIpc) is 2.43. The van der Waals surface area contributed by atoms with Crippen LogP contribution in [0.2, 0.25) is 5.02 Å². The van der Waals surface area contributed by atoms with E-state index in [9.17, 15) is 4.79 Å². The predicted octanol–water partition coefficient (Wildman–Crippen LogP) is 2.63. The van der Waals surface area contributed by atoms with Crippen LogP contribution in [0, 0.1) is 0 Å². The highest BCUT2D eigenvalue weighted by atomic mass is 35.5. The molecule has 5 nitrogen and oxygen atoms in total. The Morgan fingerprint density at radius 2 is 1.95 bits per heavy atom. The van der Waals surface area contributed by atoms with Crippen molar-refractivity contribution in [3.63, 3.8) is 0 Å². The van der Waals surface area contributed by atoms with Gasteiger partial charge in [-0.05, 0) is 33.8 Å². The lowest BCUT2D eigenvalue weighted by Crippen LogP contribution is -2.42. The molecule has 0 aliphatic rings. The first-order valence-electron chi connectivity index (χ1n) is 7.24. The summed E-state index contributed by atoms with van der Waals surface area (Å²) in [6, 6.07) is 2.55. The third kappa shape index (κ3) is 5.17. The molecule has 0 aliphatic heterocycles. The summed E-state index contributed by atoms with van der Waals surface area (Å²) >= 11 is 6.03. The number of carbonyl (C=O) groups excluding carboxylic acids is 1. The van der Waals surface area contributed by atoms with Crippen molar-refractivity contribution in [2.75, 3.05) is 25.5 Å². The number of amides is 1. The van der Waals surface area contributed by atoms with Gasteiger partial charge in [0.1, 0.15) is 5.82 Å². The first kappa shape index (κ1) is 17.7. The average molecular weight is 313 g/mol. The lowest BCUT2D eigenvalue weighted by atomic mass is 10.2. The van der Waals surface area contributed by atoms with Gasteiger partial charge in [0.2, 0.25) is 0 Å². The molecule has 0 unspecified atom stereocenters. The van der Waals surface area contributed by atoms with Gasteiger partial charge in [0.15, 0.2) is 0 Å². The molecule has 2 N–H and O–H groups in total. The Balaban J connectivity index is 2.62. The van der Waals surface area contributed by atoms with E-state index in [1.807, 2.05) is 0 Å². The molecule has 0 spiro atoms. The molecule has 0 aromatic carbocycles. The molecule has 0 saturated carbocycles. The number of carbonyl (C=O) groups is 1. The Morgan fingerprint density at radius 3 is 2.48 bits per heavy atom. The first-order chi connectivity index (χ1) is 9.86. The number of aromatic nitrogens is 1. The van der Waals surface area contributed by atoms with E-state index in [2.05, 4.69) is 48.2 Å². The van der Waals surface area contributed by atoms with E-state index < -0.39 is 0 Å². The van der Waals surface area contributed by atoms with E-state index in [1.165, 1.54) is 6.20 Å². The fourth-order valence-electron chi connectivity index (χ4n) is 2.26. The Kier molecular flexibility index (Phi) is 6.92. The molecular weight excluding hydrogens is 288 g/mol. The van der Waals surface area contributed by atoms with E-state index in [0.29, 0.717) is 35.0 Å². The SMILES string of the molecule is CNc1cc(C(=O)NCCN(C(C)C)C(C)C)c(Cl)cn1. The summed E-state index contributed by atoms with van der Waals surface area (Å²) in [4.78, 5) is 18.6. The number of rotatable bonds is 7. The summed E-state index contributed by atoms with van der Waals surface area (Å²) in [5, 5.41) is 6.16. The van der Waals surface area contributed by atoms with Gasteiger partial charge in [-0.25, -0.2) is 4.98 Å². The largest absolute Gasteiger partial charge is 0.373 e. The Bertz CT molecular complexity index is 469. The quantitative estimate of drug-likeness (QED) is 0.812. The molecule has 6 heteroatoms. The summed E-state index contributed by atoms with van der Waals surface area (Å²) in [6.45, 7) is 10.0. The highest BCUT2D eigenvalue weighted by Crippen LogP contribution is 2.17. The van der Waals surface area contributed by atoms with Crippen molar-refractivity contribution in [2.24, 2.45) is 0 Å². The zero-order valence-electron chi connectivity index (χ0n) is 13.4. The molecule has 0 aliphatic carbocycles. The number of hydrogen-bond acceptors (Lipinski definition) is 4. The Hall–Kier alpha value is -1.33. The van der Waals surface area contributed by atoms with Gasteiger partial charge >= 0.3 is 0 Å². The van der Waals surface area contributed by atoms with Crippen molar-refractivity contribution in [2.45, 2.75) is 39.8 Å². The number of pyridine rings is 1. The van der Waals surface area contributed by atoms with Crippen LogP contribution in [0.5, 0.6) is 0 Å². The summed E-state index contributed by atoms with van der Waals surface area (Å²) in [6.07, 6.45) is 1.48. The van der Waals surface area contributed by atoms with Gasteiger partial charge in [-0.2, -0.15) is 0 Å². The van der Waals surface area contributed by atoms with E-state index in [4.69, 9.17) is 11.6 Å². The monoisotopic (exact) mass is 312 g/mol. The molecule has 1 rings (SSSR count). The van der Waals surface area contributed by atoms with Crippen LogP contribution >= 0.6 is 11.6 Å². The van der Waals surface area contributed by atoms with Crippen molar-refractivity contribution < 1.29 is 4.79 Å². The van der Waals surface area contributed by atoms with Crippen LogP contribution in [0.1, 0.15) is 38.1 Å². The maximum absolute atomic E-state index is 12.2. The molecule has 118 valence electrons. The summed E-state index contributed by atoms with van der Waals surface area (Å²) in [7, 11) is 1.75. The van der Waals surface area contributed by atoms with E-state index in [1.54, 1.807) is 13.1 Å². The topological polar surface area (TPSA) is 57.3 Å². The first-order valence-corrected chi connectivity index (χ1v) is 7.61. The van der Waals surface area contributed by atoms with Crippen molar-refractivity contribution in [1.82, 2.24) is 15.2 Å². The van der Waals surface area contributed by atoms with Crippen molar-refractivity contribution >= 4 is 23.3 Å². The second kappa shape index (κ2) is 8.20. The van der Waals surface area contributed by atoms with Crippen LogP contribution in [-0.4, -0.2) is 48.0 Å². The number of halogens is 1. The van der Waals surface area contributed by atoms with E-state index >= 15 is 0 Å². The molecule has 1 aromatic heterocycles. The predicted molar refractivity (Wildman–Crippen MR) is 88.1 cm³/mol. The zero-order chi connectivity index (χ0) is 16.0. The Morgan fingerprint density at radius 1 is 1.33 bits per heavy atom. The van der Waals surface area contributed by atoms with Crippen LogP contribution < -0.4 is 10.6 Å². The second-order valence-corrected chi connectivity index (χ2v) is 5.89. The maximum atomic E-state index is 12.2. The molecule has 0 radical (unpaired) electrons. The highest BCUT2D eigenvalue weighted by Gasteiger charge is 2.15. The molecule has 0 saturated heterocycles. The molecule has 21 heavy (non-hydrogen) atoms. The van der Waals surface area contributed by atoms with Crippen LogP contribution in [0.15, 0.2) is 12.3 Å². The molecular formula is C15H25ClN4O. The van der Waals surface area contributed by atoms with Gasteiger partial charge in [0.25, 0.3) is 5.91 Å². The van der Waals surface area contributed by atoms with E-state index in [-0.39, 0.29) is 5.91 Å². The number of nitrogens with zero attached hydrogens (tertiary/aromatic N) is 2. The highest BCUT2D eigenvalue weighted by molar-refractivity contribution is 6.33. The minimum Gasteiger partial charge on any atom is -0.373 e. The van der Waals surface area contributed by atoms with Crippen molar-refractivity contribution in [1.29, 1.82) is 0 Å². The van der Waals surface area contributed by atoms with E-state index in [0.717, 1.165) is 6.54 Å². The van der Waals surface area contributed by atoms with Gasteiger partial charge in [0, 0.05) is 38.4 Å². The van der Waals surface area contributed by atoms with Crippen LogP contribution in [0.3, 0.4) is 0 Å². The maximum Gasteiger partial charge on any atom is 0.253 e. The summed E-state index contributed by atoms with van der Waals surface area (Å²) < 4.78 is 0. The standard InChI is InChI=1S/C15H25ClN4O/c1-10(2)20(11(3)4)7-6-18-15(21)12-8-14(17-5)19-9-13(12)16/h8-11H,6-7H2,1-5H3,(H,17,19)(H,18,21). The number of anilines is 1. The molecule has 0 fully saturated rings. The van der Waals surface area contributed by atoms with Gasteiger partial charge in [-0.1, -0.05) is 11.6 Å².